The number of hydrogen-bond donors (Lipinski definition) is 1. The minimum Gasteiger partial charge on any atom is -0.372 e. The molecule has 1 fully saturated rings. The van der Waals surface area contributed by atoms with Crippen LogP contribution in [0.5, 0.6) is 0 Å². The molecule has 7 nitrogen and oxygen atoms in total. The van der Waals surface area contributed by atoms with E-state index in [1.165, 1.54) is 12.1 Å². The number of amides is 2. The lowest BCUT2D eigenvalue weighted by molar-refractivity contribution is -0.0586. The summed E-state index contributed by atoms with van der Waals surface area (Å²) in [5.74, 6) is -0.384. The van der Waals surface area contributed by atoms with Crippen LogP contribution in [0.25, 0.3) is 0 Å². The molecule has 0 aliphatic carbocycles. The predicted octanol–water partition coefficient (Wildman–Crippen LogP) is 2.58. The molecule has 1 heterocycles. The molecule has 1 aliphatic rings. The molecule has 1 aliphatic heterocycles. The molecule has 0 bridgehead atoms. The van der Waals surface area contributed by atoms with Crippen molar-refractivity contribution in [2.45, 2.75) is 44.4 Å². The predicted molar refractivity (Wildman–Crippen MR) is 118 cm³/mol. The van der Waals surface area contributed by atoms with Crippen molar-refractivity contribution in [3.63, 3.8) is 0 Å². The second kappa shape index (κ2) is 9.20. The molecule has 3 rings (SSSR count). The fourth-order valence-electron chi connectivity index (χ4n) is 3.65. The van der Waals surface area contributed by atoms with E-state index in [-0.39, 0.29) is 35.5 Å². The summed E-state index contributed by atoms with van der Waals surface area (Å²) in [6.45, 7) is 7.06. The van der Waals surface area contributed by atoms with Gasteiger partial charge in [-0.15, -0.1) is 0 Å². The zero-order chi connectivity index (χ0) is 22.8. The first-order valence-electron chi connectivity index (χ1n) is 10.2. The summed E-state index contributed by atoms with van der Waals surface area (Å²) in [7, 11) is -3.40. The van der Waals surface area contributed by atoms with Gasteiger partial charge >= 0.3 is 0 Å². The molecular formula is C23H28N2O5S. The van der Waals surface area contributed by atoms with Crippen LogP contribution in [0.2, 0.25) is 0 Å². The van der Waals surface area contributed by atoms with Crippen molar-refractivity contribution >= 4 is 21.7 Å². The Hall–Kier alpha value is -2.71. The SMILES string of the molecule is Cc1ccc(S(C)(=O)=O)cc1C(=O)NCc1ccc(C(=O)N2CC(C)OC(C)C2)cc1. The van der Waals surface area contributed by atoms with Crippen LogP contribution in [0, 0.1) is 6.92 Å². The molecule has 166 valence electrons. The summed E-state index contributed by atoms with van der Waals surface area (Å²) in [5, 5.41) is 2.81. The van der Waals surface area contributed by atoms with Crippen LogP contribution in [0.15, 0.2) is 47.4 Å². The summed E-state index contributed by atoms with van der Waals surface area (Å²) < 4.78 is 29.2. The van der Waals surface area contributed by atoms with E-state index in [1.54, 1.807) is 42.2 Å². The van der Waals surface area contributed by atoms with Gasteiger partial charge in [-0.3, -0.25) is 9.59 Å². The molecule has 1 N–H and O–H groups in total. The highest BCUT2D eigenvalue weighted by Crippen LogP contribution is 2.17. The van der Waals surface area contributed by atoms with Crippen LogP contribution in [0.4, 0.5) is 0 Å². The summed E-state index contributed by atoms with van der Waals surface area (Å²) in [4.78, 5) is 27.2. The maximum absolute atomic E-state index is 12.8. The number of morpholine rings is 1. The number of carbonyl (C=O) groups is 2. The van der Waals surface area contributed by atoms with Crippen LogP contribution < -0.4 is 5.32 Å². The first-order valence-corrected chi connectivity index (χ1v) is 12.1. The van der Waals surface area contributed by atoms with Gasteiger partial charge in [0.1, 0.15) is 0 Å². The van der Waals surface area contributed by atoms with Gasteiger partial charge in [-0.25, -0.2) is 8.42 Å². The van der Waals surface area contributed by atoms with Gasteiger partial charge in [0.25, 0.3) is 11.8 Å². The third-order valence-corrected chi connectivity index (χ3v) is 6.35. The van der Waals surface area contributed by atoms with Gasteiger partial charge in [0.2, 0.25) is 0 Å². The second-order valence-electron chi connectivity index (χ2n) is 8.10. The summed E-state index contributed by atoms with van der Waals surface area (Å²) >= 11 is 0. The van der Waals surface area contributed by atoms with Crippen molar-refractivity contribution in [1.29, 1.82) is 0 Å². The maximum Gasteiger partial charge on any atom is 0.254 e. The molecular weight excluding hydrogens is 416 g/mol. The quantitative estimate of drug-likeness (QED) is 0.765. The minimum absolute atomic E-state index is 0.00633. The highest BCUT2D eigenvalue weighted by Gasteiger charge is 2.26. The van der Waals surface area contributed by atoms with E-state index < -0.39 is 9.84 Å². The van der Waals surface area contributed by atoms with Gasteiger partial charge in [0.15, 0.2) is 9.84 Å². The molecule has 8 heteroatoms. The summed E-state index contributed by atoms with van der Waals surface area (Å²) in [5.41, 5.74) is 2.45. The number of nitrogens with zero attached hydrogens (tertiary/aromatic N) is 1. The number of hydrogen-bond acceptors (Lipinski definition) is 5. The number of nitrogens with one attached hydrogen (secondary N) is 1. The van der Waals surface area contributed by atoms with E-state index in [0.29, 0.717) is 29.8 Å². The van der Waals surface area contributed by atoms with Gasteiger partial charge in [0, 0.05) is 37.0 Å². The number of carbonyl (C=O) groups excluding carboxylic acids is 2. The molecule has 2 amide bonds. The molecule has 2 aromatic carbocycles. The topological polar surface area (TPSA) is 92.8 Å². The smallest absolute Gasteiger partial charge is 0.254 e. The van der Waals surface area contributed by atoms with Crippen LogP contribution in [-0.2, 0) is 21.1 Å². The number of aryl methyl sites for hydroxylation is 1. The molecule has 2 unspecified atom stereocenters. The van der Waals surface area contributed by atoms with Crippen molar-refractivity contribution in [3.05, 3.63) is 64.7 Å². The van der Waals surface area contributed by atoms with E-state index in [2.05, 4.69) is 5.32 Å². The van der Waals surface area contributed by atoms with Crippen molar-refractivity contribution in [2.24, 2.45) is 0 Å². The molecule has 0 spiro atoms. The first-order chi connectivity index (χ1) is 14.5. The Labute approximate surface area is 183 Å². The minimum atomic E-state index is -3.40. The number of rotatable bonds is 5. The standard InChI is InChI=1S/C23H28N2O5S/c1-15-5-10-20(31(4,28)29)11-21(15)22(26)24-12-18-6-8-19(9-7-18)23(27)25-13-16(2)30-17(3)14-25/h5-11,16-17H,12-14H2,1-4H3,(H,24,26). The van der Waals surface area contributed by atoms with Gasteiger partial charge in [0.05, 0.1) is 17.1 Å². The summed E-state index contributed by atoms with van der Waals surface area (Å²) in [6.07, 6.45) is 1.12. The summed E-state index contributed by atoms with van der Waals surface area (Å²) in [6, 6.07) is 11.6. The molecule has 2 atom stereocenters. The van der Waals surface area contributed by atoms with Crippen LogP contribution in [-0.4, -0.2) is 56.7 Å². The average molecular weight is 445 g/mol. The maximum atomic E-state index is 12.8. The molecule has 0 radical (unpaired) electrons. The van der Waals surface area contributed by atoms with Crippen molar-refractivity contribution in [3.8, 4) is 0 Å². The Bertz CT molecular complexity index is 1070. The molecule has 1 saturated heterocycles. The van der Waals surface area contributed by atoms with Gasteiger partial charge < -0.3 is 15.0 Å². The molecule has 0 aromatic heterocycles. The fourth-order valence-corrected chi connectivity index (χ4v) is 4.29. The van der Waals surface area contributed by atoms with Crippen LogP contribution in [0.3, 0.4) is 0 Å². The molecule has 2 aromatic rings. The second-order valence-corrected chi connectivity index (χ2v) is 10.1. The Balaban J connectivity index is 1.64. The Morgan fingerprint density at radius 3 is 2.26 bits per heavy atom. The van der Waals surface area contributed by atoms with Crippen molar-refractivity contribution < 1.29 is 22.7 Å². The zero-order valence-electron chi connectivity index (χ0n) is 18.2. The van der Waals surface area contributed by atoms with Crippen molar-refractivity contribution in [1.82, 2.24) is 10.2 Å². The van der Waals surface area contributed by atoms with E-state index in [9.17, 15) is 18.0 Å². The van der Waals surface area contributed by atoms with E-state index in [4.69, 9.17) is 4.74 Å². The Morgan fingerprint density at radius 1 is 1.06 bits per heavy atom. The monoisotopic (exact) mass is 444 g/mol. The highest BCUT2D eigenvalue weighted by atomic mass is 32.2. The number of benzene rings is 2. The third kappa shape index (κ3) is 5.71. The Morgan fingerprint density at radius 2 is 1.68 bits per heavy atom. The van der Waals surface area contributed by atoms with E-state index in [1.807, 2.05) is 13.8 Å². The zero-order valence-corrected chi connectivity index (χ0v) is 19.0. The third-order valence-electron chi connectivity index (χ3n) is 5.24. The van der Waals surface area contributed by atoms with E-state index in [0.717, 1.165) is 11.8 Å². The normalized spacial score (nSPS) is 19.2. The average Bonchev–Trinajstić information content (AvgIpc) is 2.70. The largest absolute Gasteiger partial charge is 0.372 e. The number of ether oxygens (including phenoxy) is 1. The lowest BCUT2D eigenvalue weighted by Gasteiger charge is -2.35. The van der Waals surface area contributed by atoms with E-state index >= 15 is 0 Å². The van der Waals surface area contributed by atoms with Gasteiger partial charge in [-0.1, -0.05) is 18.2 Å². The fraction of sp³-hybridized carbons (Fsp3) is 0.391. The lowest BCUT2D eigenvalue weighted by Crippen LogP contribution is -2.48. The van der Waals surface area contributed by atoms with Gasteiger partial charge in [-0.05, 0) is 56.2 Å². The first kappa shape index (κ1) is 23.0. The number of sulfone groups is 1. The van der Waals surface area contributed by atoms with Gasteiger partial charge in [-0.2, -0.15) is 0 Å². The van der Waals surface area contributed by atoms with Crippen LogP contribution >= 0.6 is 0 Å². The highest BCUT2D eigenvalue weighted by molar-refractivity contribution is 7.90. The van der Waals surface area contributed by atoms with Crippen LogP contribution in [0.1, 0.15) is 45.7 Å². The van der Waals surface area contributed by atoms with Crippen molar-refractivity contribution in [2.75, 3.05) is 19.3 Å². The lowest BCUT2D eigenvalue weighted by atomic mass is 10.1. The Kier molecular flexibility index (Phi) is 6.81. The molecule has 0 saturated carbocycles. The molecule has 31 heavy (non-hydrogen) atoms.